The van der Waals surface area contributed by atoms with E-state index in [-0.39, 0.29) is 6.04 Å². The van der Waals surface area contributed by atoms with Crippen molar-refractivity contribution in [1.29, 1.82) is 0 Å². The van der Waals surface area contributed by atoms with Crippen LogP contribution in [-0.4, -0.2) is 45.2 Å². The normalized spacial score (nSPS) is 20.5. The van der Waals surface area contributed by atoms with Crippen LogP contribution in [0.5, 0.6) is 5.75 Å². The Balaban J connectivity index is 2.36. The van der Waals surface area contributed by atoms with Crippen LogP contribution in [0.25, 0.3) is 0 Å². The standard InChI is InChI=1S/C16H27N3O/c1-12(17)16-14(8-5-9-15(16)20-4)19-10-6-7-13(19)11-18(2)3/h5,8-9,12-13H,6-7,10-11,17H2,1-4H3/t12-,13?/m1/s1. The second-order valence-corrected chi connectivity index (χ2v) is 5.93. The van der Waals surface area contributed by atoms with E-state index < -0.39 is 0 Å². The summed E-state index contributed by atoms with van der Waals surface area (Å²) in [7, 11) is 5.98. The maximum atomic E-state index is 6.19. The highest BCUT2D eigenvalue weighted by Gasteiger charge is 2.28. The first-order valence-electron chi connectivity index (χ1n) is 7.38. The first kappa shape index (κ1) is 15.1. The van der Waals surface area contributed by atoms with Crippen LogP contribution >= 0.6 is 0 Å². The van der Waals surface area contributed by atoms with Gasteiger partial charge in [-0.05, 0) is 46.0 Å². The molecule has 2 rings (SSSR count). The van der Waals surface area contributed by atoms with Crippen molar-refractivity contribution in [3.05, 3.63) is 23.8 Å². The number of hydrogen-bond donors (Lipinski definition) is 1. The highest BCUT2D eigenvalue weighted by Crippen LogP contribution is 2.37. The van der Waals surface area contributed by atoms with Crippen LogP contribution in [0.1, 0.15) is 31.4 Å². The van der Waals surface area contributed by atoms with Gasteiger partial charge in [0.2, 0.25) is 0 Å². The van der Waals surface area contributed by atoms with Gasteiger partial charge in [-0.25, -0.2) is 0 Å². The fourth-order valence-electron chi connectivity index (χ4n) is 3.18. The molecule has 1 unspecified atom stereocenters. The van der Waals surface area contributed by atoms with Gasteiger partial charge in [0.1, 0.15) is 5.75 Å². The molecule has 4 heteroatoms. The summed E-state index contributed by atoms with van der Waals surface area (Å²) in [6.45, 7) is 4.21. The Kier molecular flexibility index (Phi) is 4.89. The Bertz CT molecular complexity index is 445. The second kappa shape index (κ2) is 6.46. The maximum absolute atomic E-state index is 6.19. The molecule has 0 radical (unpaired) electrons. The van der Waals surface area contributed by atoms with Gasteiger partial charge in [-0.2, -0.15) is 0 Å². The molecule has 4 nitrogen and oxygen atoms in total. The largest absolute Gasteiger partial charge is 0.496 e. The van der Waals surface area contributed by atoms with Crippen LogP contribution in [-0.2, 0) is 0 Å². The van der Waals surface area contributed by atoms with Gasteiger partial charge in [-0.15, -0.1) is 0 Å². The minimum Gasteiger partial charge on any atom is -0.496 e. The van der Waals surface area contributed by atoms with Gasteiger partial charge in [-0.3, -0.25) is 0 Å². The predicted molar refractivity (Wildman–Crippen MR) is 84.5 cm³/mol. The SMILES string of the molecule is COc1cccc(N2CCCC2CN(C)C)c1[C@@H](C)N. The van der Waals surface area contributed by atoms with E-state index in [0.29, 0.717) is 6.04 Å². The molecule has 112 valence electrons. The lowest BCUT2D eigenvalue weighted by Crippen LogP contribution is -2.38. The highest BCUT2D eigenvalue weighted by molar-refractivity contribution is 5.62. The van der Waals surface area contributed by atoms with E-state index in [0.717, 1.165) is 24.4 Å². The summed E-state index contributed by atoms with van der Waals surface area (Å²) >= 11 is 0. The average molecular weight is 277 g/mol. The number of rotatable bonds is 5. The van der Waals surface area contributed by atoms with Crippen LogP contribution in [0.4, 0.5) is 5.69 Å². The molecule has 0 amide bonds. The van der Waals surface area contributed by atoms with E-state index in [9.17, 15) is 0 Å². The number of ether oxygens (including phenoxy) is 1. The predicted octanol–water partition coefficient (Wildman–Crippen LogP) is 2.25. The fraction of sp³-hybridized carbons (Fsp3) is 0.625. The van der Waals surface area contributed by atoms with Gasteiger partial charge in [-0.1, -0.05) is 6.07 Å². The van der Waals surface area contributed by atoms with Crippen molar-refractivity contribution >= 4 is 5.69 Å². The summed E-state index contributed by atoms with van der Waals surface area (Å²) in [6.07, 6.45) is 2.49. The number of nitrogens with zero attached hydrogens (tertiary/aromatic N) is 2. The van der Waals surface area contributed by atoms with Crippen LogP contribution in [0.15, 0.2) is 18.2 Å². The average Bonchev–Trinajstić information content (AvgIpc) is 2.84. The molecule has 1 aromatic rings. The lowest BCUT2D eigenvalue weighted by atomic mass is 10.0. The summed E-state index contributed by atoms with van der Waals surface area (Å²) in [5.74, 6) is 0.896. The lowest BCUT2D eigenvalue weighted by Gasteiger charge is -2.32. The molecule has 1 heterocycles. The van der Waals surface area contributed by atoms with Gasteiger partial charge in [0.25, 0.3) is 0 Å². The number of benzene rings is 1. The third kappa shape index (κ3) is 3.07. The molecule has 2 atom stereocenters. The van der Waals surface area contributed by atoms with Gasteiger partial charge in [0, 0.05) is 36.4 Å². The summed E-state index contributed by atoms with van der Waals surface area (Å²) in [5.41, 5.74) is 8.55. The zero-order valence-electron chi connectivity index (χ0n) is 13.1. The molecule has 2 N–H and O–H groups in total. The van der Waals surface area contributed by atoms with Crippen molar-refractivity contribution in [3.8, 4) is 5.75 Å². The van der Waals surface area contributed by atoms with E-state index in [4.69, 9.17) is 10.5 Å². The van der Waals surface area contributed by atoms with Gasteiger partial charge in [0.15, 0.2) is 0 Å². The third-order valence-electron chi connectivity index (χ3n) is 3.98. The van der Waals surface area contributed by atoms with Gasteiger partial charge in [0.05, 0.1) is 7.11 Å². The zero-order chi connectivity index (χ0) is 14.7. The Labute approximate surface area is 122 Å². The quantitative estimate of drug-likeness (QED) is 0.896. The Morgan fingerprint density at radius 3 is 2.80 bits per heavy atom. The van der Waals surface area contributed by atoms with Crippen LogP contribution in [0, 0.1) is 0 Å². The number of nitrogens with two attached hydrogens (primary N) is 1. The molecule has 1 saturated heterocycles. The summed E-state index contributed by atoms with van der Waals surface area (Å²) in [5, 5.41) is 0. The monoisotopic (exact) mass is 277 g/mol. The molecule has 1 aromatic carbocycles. The van der Waals surface area contributed by atoms with Crippen molar-refractivity contribution < 1.29 is 4.74 Å². The van der Waals surface area contributed by atoms with E-state index in [1.54, 1.807) is 7.11 Å². The molecular weight excluding hydrogens is 250 g/mol. The molecule has 0 saturated carbocycles. The number of anilines is 1. The minimum absolute atomic E-state index is 0.0262. The van der Waals surface area contributed by atoms with Crippen molar-refractivity contribution in [2.75, 3.05) is 39.2 Å². The fourth-order valence-corrected chi connectivity index (χ4v) is 3.18. The molecule has 0 aromatic heterocycles. The van der Waals surface area contributed by atoms with E-state index >= 15 is 0 Å². The molecule has 1 aliphatic heterocycles. The number of hydrogen-bond acceptors (Lipinski definition) is 4. The maximum Gasteiger partial charge on any atom is 0.125 e. The zero-order valence-corrected chi connectivity index (χ0v) is 13.1. The molecule has 0 bridgehead atoms. The molecule has 0 aliphatic carbocycles. The van der Waals surface area contributed by atoms with Crippen molar-refractivity contribution in [2.24, 2.45) is 5.73 Å². The van der Waals surface area contributed by atoms with Crippen molar-refractivity contribution in [3.63, 3.8) is 0 Å². The Hall–Kier alpha value is -1.26. The molecule has 20 heavy (non-hydrogen) atoms. The van der Waals surface area contributed by atoms with Gasteiger partial charge < -0.3 is 20.3 Å². The van der Waals surface area contributed by atoms with Crippen molar-refractivity contribution in [2.45, 2.75) is 31.8 Å². The van der Waals surface area contributed by atoms with E-state index in [2.05, 4.69) is 36.0 Å². The van der Waals surface area contributed by atoms with E-state index in [1.807, 2.05) is 13.0 Å². The number of likely N-dealkylation sites (N-methyl/N-ethyl adjacent to an activating group) is 1. The first-order chi connectivity index (χ1) is 9.54. The summed E-state index contributed by atoms with van der Waals surface area (Å²) < 4.78 is 5.51. The Morgan fingerprint density at radius 2 is 2.20 bits per heavy atom. The molecule has 0 spiro atoms. The van der Waals surface area contributed by atoms with Gasteiger partial charge >= 0.3 is 0 Å². The topological polar surface area (TPSA) is 41.7 Å². The summed E-state index contributed by atoms with van der Waals surface area (Å²) in [4.78, 5) is 4.76. The minimum atomic E-state index is -0.0262. The number of methoxy groups -OCH3 is 1. The second-order valence-electron chi connectivity index (χ2n) is 5.93. The van der Waals surface area contributed by atoms with Crippen molar-refractivity contribution in [1.82, 2.24) is 4.90 Å². The third-order valence-corrected chi connectivity index (χ3v) is 3.98. The molecule has 1 aliphatic rings. The highest BCUT2D eigenvalue weighted by atomic mass is 16.5. The summed E-state index contributed by atoms with van der Waals surface area (Å²) in [6, 6.07) is 6.77. The van der Waals surface area contributed by atoms with Crippen LogP contribution in [0.2, 0.25) is 0 Å². The first-order valence-corrected chi connectivity index (χ1v) is 7.38. The van der Waals surface area contributed by atoms with Crippen LogP contribution in [0.3, 0.4) is 0 Å². The van der Waals surface area contributed by atoms with Crippen LogP contribution < -0.4 is 15.4 Å². The smallest absolute Gasteiger partial charge is 0.125 e. The molecular formula is C16H27N3O. The lowest BCUT2D eigenvalue weighted by molar-refractivity contribution is 0.371. The Morgan fingerprint density at radius 1 is 1.45 bits per heavy atom. The molecule has 1 fully saturated rings. The van der Waals surface area contributed by atoms with E-state index in [1.165, 1.54) is 18.5 Å².